The highest BCUT2D eigenvalue weighted by Gasteiger charge is 2.24. The van der Waals surface area contributed by atoms with E-state index in [1.807, 2.05) is 6.08 Å². The molecule has 0 bridgehead atoms. The van der Waals surface area contributed by atoms with Crippen molar-refractivity contribution in [1.29, 1.82) is 0 Å². The predicted octanol–water partition coefficient (Wildman–Crippen LogP) is 2.81. The fraction of sp³-hybridized carbons (Fsp3) is 0.571. The zero-order valence-corrected chi connectivity index (χ0v) is 10.6. The first-order valence-electron chi connectivity index (χ1n) is 6.18. The lowest BCUT2D eigenvalue weighted by molar-refractivity contribution is -0.134. The third kappa shape index (κ3) is 4.17. The van der Waals surface area contributed by atoms with Gasteiger partial charge in [-0.1, -0.05) is 31.9 Å². The Morgan fingerprint density at radius 1 is 1.53 bits per heavy atom. The van der Waals surface area contributed by atoms with Crippen LogP contribution in [0.2, 0.25) is 0 Å². The minimum Gasteiger partial charge on any atom is -0.466 e. The van der Waals surface area contributed by atoms with Crippen LogP contribution in [0.3, 0.4) is 0 Å². The molecule has 0 amide bonds. The van der Waals surface area contributed by atoms with E-state index in [2.05, 4.69) is 11.7 Å². The molecule has 0 fully saturated rings. The van der Waals surface area contributed by atoms with Crippen molar-refractivity contribution in [2.24, 2.45) is 5.92 Å². The number of rotatable bonds is 6. The number of hydrogen-bond acceptors (Lipinski definition) is 3. The van der Waals surface area contributed by atoms with Crippen molar-refractivity contribution in [3.05, 3.63) is 23.8 Å². The highest BCUT2D eigenvalue weighted by molar-refractivity contribution is 6.01. The summed E-state index contributed by atoms with van der Waals surface area (Å²) >= 11 is 0. The van der Waals surface area contributed by atoms with Crippen LogP contribution in [0, 0.1) is 5.92 Å². The van der Waals surface area contributed by atoms with Gasteiger partial charge in [0.1, 0.15) is 0 Å². The second-order valence-corrected chi connectivity index (χ2v) is 4.28. The molecule has 1 aliphatic carbocycles. The van der Waals surface area contributed by atoms with Gasteiger partial charge in [-0.15, -0.1) is 0 Å². The van der Waals surface area contributed by atoms with Gasteiger partial charge in [0.05, 0.1) is 7.11 Å². The van der Waals surface area contributed by atoms with Crippen LogP contribution in [0.5, 0.6) is 0 Å². The highest BCUT2D eigenvalue weighted by Crippen LogP contribution is 2.26. The second-order valence-electron chi connectivity index (χ2n) is 4.28. The molecular formula is C14H20O3. The average molecular weight is 236 g/mol. The van der Waals surface area contributed by atoms with Crippen molar-refractivity contribution in [2.75, 3.05) is 7.11 Å². The smallest absolute Gasteiger partial charge is 0.330 e. The van der Waals surface area contributed by atoms with Gasteiger partial charge in [0.15, 0.2) is 5.78 Å². The van der Waals surface area contributed by atoms with Crippen molar-refractivity contribution in [3.8, 4) is 0 Å². The normalized spacial score (nSPS) is 19.8. The van der Waals surface area contributed by atoms with Crippen molar-refractivity contribution in [2.45, 2.75) is 39.0 Å². The molecule has 0 radical (unpaired) electrons. The summed E-state index contributed by atoms with van der Waals surface area (Å²) in [6.45, 7) is 2.15. The first kappa shape index (κ1) is 13.7. The summed E-state index contributed by atoms with van der Waals surface area (Å²) in [6.07, 6.45) is 9.97. The third-order valence-electron chi connectivity index (χ3n) is 2.99. The average Bonchev–Trinajstić information content (AvgIpc) is 2.68. The maximum absolute atomic E-state index is 11.9. The zero-order chi connectivity index (χ0) is 12.7. The quantitative estimate of drug-likeness (QED) is 0.404. The van der Waals surface area contributed by atoms with E-state index < -0.39 is 5.97 Å². The summed E-state index contributed by atoms with van der Waals surface area (Å²) in [5.41, 5.74) is 0.929. The predicted molar refractivity (Wildman–Crippen MR) is 66.5 cm³/mol. The number of hydrogen-bond donors (Lipinski definition) is 0. The van der Waals surface area contributed by atoms with E-state index in [-0.39, 0.29) is 11.7 Å². The number of esters is 1. The number of Topliss-reactive ketones (excluding diaryl/α,β-unsaturated/α-hetero) is 1. The van der Waals surface area contributed by atoms with Gasteiger partial charge in [-0.25, -0.2) is 4.79 Å². The molecule has 0 N–H and O–H groups in total. The van der Waals surface area contributed by atoms with Crippen molar-refractivity contribution < 1.29 is 14.3 Å². The molecule has 0 aromatic carbocycles. The van der Waals surface area contributed by atoms with E-state index in [1.54, 1.807) is 6.08 Å². The molecule has 3 heteroatoms. The molecule has 1 aliphatic rings. The Bertz CT molecular complexity index is 339. The second kappa shape index (κ2) is 7.05. The van der Waals surface area contributed by atoms with Crippen molar-refractivity contribution >= 4 is 11.8 Å². The van der Waals surface area contributed by atoms with Crippen molar-refractivity contribution in [3.63, 3.8) is 0 Å². The number of ketones is 1. The van der Waals surface area contributed by atoms with Gasteiger partial charge in [-0.2, -0.15) is 0 Å². The van der Waals surface area contributed by atoms with Gasteiger partial charge in [-0.05, 0) is 24.8 Å². The van der Waals surface area contributed by atoms with E-state index in [1.165, 1.54) is 13.2 Å². The lowest BCUT2D eigenvalue weighted by Gasteiger charge is -2.03. The number of ether oxygens (including phenoxy) is 1. The largest absolute Gasteiger partial charge is 0.466 e. The van der Waals surface area contributed by atoms with Crippen LogP contribution in [0.15, 0.2) is 23.8 Å². The maximum atomic E-state index is 11.9. The van der Waals surface area contributed by atoms with Crippen LogP contribution >= 0.6 is 0 Å². The lowest BCUT2D eigenvalue weighted by Crippen LogP contribution is -2.08. The summed E-state index contributed by atoms with van der Waals surface area (Å²) in [6, 6.07) is 0. The Hall–Kier alpha value is -1.38. The van der Waals surface area contributed by atoms with Crippen LogP contribution in [0.1, 0.15) is 39.0 Å². The summed E-state index contributed by atoms with van der Waals surface area (Å²) < 4.78 is 4.50. The topological polar surface area (TPSA) is 43.4 Å². The SMILES string of the molecule is CCCCCC1=CC[C@H](/C=C/C(=O)OC)C1=O. The molecular weight excluding hydrogens is 216 g/mol. The molecule has 0 spiro atoms. The standard InChI is InChI=1S/C14H20O3/c1-3-4-5-6-11-7-8-12(14(11)16)9-10-13(15)17-2/h7,9-10,12H,3-6,8H2,1-2H3/b10-9+/t12-/m1/s1. The molecule has 0 heterocycles. The van der Waals surface area contributed by atoms with Crippen LogP contribution < -0.4 is 0 Å². The van der Waals surface area contributed by atoms with E-state index in [4.69, 9.17) is 0 Å². The fourth-order valence-corrected chi connectivity index (χ4v) is 1.93. The zero-order valence-electron chi connectivity index (χ0n) is 10.6. The lowest BCUT2D eigenvalue weighted by atomic mass is 10.00. The van der Waals surface area contributed by atoms with Gasteiger partial charge >= 0.3 is 5.97 Å². The monoisotopic (exact) mass is 236 g/mol. The Balaban J connectivity index is 2.42. The molecule has 3 nitrogen and oxygen atoms in total. The molecule has 94 valence electrons. The molecule has 0 unspecified atom stereocenters. The fourth-order valence-electron chi connectivity index (χ4n) is 1.93. The van der Waals surface area contributed by atoms with E-state index >= 15 is 0 Å². The van der Waals surface area contributed by atoms with Crippen LogP contribution in [-0.2, 0) is 14.3 Å². The summed E-state index contributed by atoms with van der Waals surface area (Å²) in [4.78, 5) is 22.9. The Labute approximate surface area is 103 Å². The van der Waals surface area contributed by atoms with Gasteiger partial charge in [0.2, 0.25) is 0 Å². The molecule has 0 saturated carbocycles. The minimum atomic E-state index is -0.405. The maximum Gasteiger partial charge on any atom is 0.330 e. The number of carbonyl (C=O) groups is 2. The van der Waals surface area contributed by atoms with E-state index in [9.17, 15) is 9.59 Å². The molecule has 1 atom stereocenters. The van der Waals surface area contributed by atoms with Gasteiger partial charge in [-0.3, -0.25) is 4.79 Å². The van der Waals surface area contributed by atoms with Crippen LogP contribution in [0.4, 0.5) is 0 Å². The van der Waals surface area contributed by atoms with Gasteiger partial charge in [0.25, 0.3) is 0 Å². The summed E-state index contributed by atoms with van der Waals surface area (Å²) in [5.74, 6) is -0.399. The highest BCUT2D eigenvalue weighted by atomic mass is 16.5. The van der Waals surface area contributed by atoms with E-state index in [0.29, 0.717) is 6.42 Å². The number of allylic oxidation sites excluding steroid dienone is 3. The molecule has 0 aliphatic heterocycles. The van der Waals surface area contributed by atoms with Gasteiger partial charge < -0.3 is 4.74 Å². The first-order valence-corrected chi connectivity index (χ1v) is 6.18. The minimum absolute atomic E-state index is 0.161. The molecule has 0 aromatic heterocycles. The van der Waals surface area contributed by atoms with Crippen LogP contribution in [0.25, 0.3) is 0 Å². The molecule has 1 rings (SSSR count). The number of methoxy groups -OCH3 is 1. The first-order chi connectivity index (χ1) is 8.19. The van der Waals surface area contributed by atoms with Crippen LogP contribution in [-0.4, -0.2) is 18.9 Å². The Morgan fingerprint density at radius 3 is 2.94 bits per heavy atom. The third-order valence-corrected chi connectivity index (χ3v) is 2.99. The number of unbranched alkanes of at least 4 members (excludes halogenated alkanes) is 2. The van der Waals surface area contributed by atoms with Gasteiger partial charge in [0, 0.05) is 12.0 Å². The molecule has 0 saturated heterocycles. The molecule has 0 aromatic rings. The molecule has 17 heavy (non-hydrogen) atoms. The van der Waals surface area contributed by atoms with Crippen molar-refractivity contribution in [1.82, 2.24) is 0 Å². The number of carbonyl (C=O) groups excluding carboxylic acids is 2. The Morgan fingerprint density at radius 2 is 2.29 bits per heavy atom. The summed E-state index contributed by atoms with van der Waals surface area (Å²) in [5, 5.41) is 0. The summed E-state index contributed by atoms with van der Waals surface area (Å²) in [7, 11) is 1.33. The Kier molecular flexibility index (Phi) is 5.67. The van der Waals surface area contributed by atoms with E-state index in [0.717, 1.165) is 31.3 Å².